The van der Waals surface area contributed by atoms with Crippen LogP contribution in [0.2, 0.25) is 0 Å². The maximum atomic E-state index is 12.0. The Labute approximate surface area is 122 Å². The number of nitrogens with one attached hydrogen (secondary N) is 2. The standard InChI is InChI=1S/C13H28N2O2S2/c1-3-9-14-10-6-11-19(16,17)15-12-7-5-8-13(12)18-4-2/h12-15H,3-11H2,1-2H3. The van der Waals surface area contributed by atoms with Crippen molar-refractivity contribution in [3.63, 3.8) is 0 Å². The van der Waals surface area contributed by atoms with E-state index in [0.29, 0.717) is 11.7 Å². The van der Waals surface area contributed by atoms with E-state index in [4.69, 9.17) is 0 Å². The van der Waals surface area contributed by atoms with Gasteiger partial charge in [-0.05, 0) is 44.5 Å². The van der Waals surface area contributed by atoms with Crippen LogP contribution in [0.25, 0.3) is 0 Å². The topological polar surface area (TPSA) is 58.2 Å². The molecule has 0 radical (unpaired) electrons. The Hall–Kier alpha value is 0.220. The van der Waals surface area contributed by atoms with E-state index in [9.17, 15) is 8.42 Å². The van der Waals surface area contributed by atoms with E-state index in [-0.39, 0.29) is 11.8 Å². The molecule has 1 fully saturated rings. The van der Waals surface area contributed by atoms with Gasteiger partial charge in [0.15, 0.2) is 0 Å². The molecule has 1 aliphatic carbocycles. The SMILES string of the molecule is CCCNCCCS(=O)(=O)NC1CCCC1SCC. The second kappa shape index (κ2) is 9.21. The lowest BCUT2D eigenvalue weighted by atomic mass is 10.3. The van der Waals surface area contributed by atoms with Gasteiger partial charge in [-0.15, -0.1) is 0 Å². The van der Waals surface area contributed by atoms with Gasteiger partial charge in [0, 0.05) is 11.3 Å². The average molecular weight is 309 g/mol. The molecule has 1 saturated carbocycles. The van der Waals surface area contributed by atoms with Crippen molar-refractivity contribution < 1.29 is 8.42 Å². The summed E-state index contributed by atoms with van der Waals surface area (Å²) in [7, 11) is -3.11. The van der Waals surface area contributed by atoms with E-state index in [2.05, 4.69) is 23.9 Å². The van der Waals surface area contributed by atoms with Crippen molar-refractivity contribution in [2.24, 2.45) is 0 Å². The third-order valence-electron chi connectivity index (χ3n) is 3.36. The summed E-state index contributed by atoms with van der Waals surface area (Å²) in [5.74, 6) is 1.30. The Morgan fingerprint density at radius 1 is 1.21 bits per heavy atom. The van der Waals surface area contributed by atoms with E-state index in [1.165, 1.54) is 0 Å². The summed E-state index contributed by atoms with van der Waals surface area (Å²) >= 11 is 1.88. The van der Waals surface area contributed by atoms with Crippen LogP contribution in [0.4, 0.5) is 0 Å². The van der Waals surface area contributed by atoms with Crippen molar-refractivity contribution in [2.75, 3.05) is 24.6 Å². The molecule has 0 aromatic rings. The van der Waals surface area contributed by atoms with Crippen LogP contribution >= 0.6 is 11.8 Å². The van der Waals surface area contributed by atoms with Gasteiger partial charge in [0.25, 0.3) is 0 Å². The van der Waals surface area contributed by atoms with Crippen molar-refractivity contribution >= 4 is 21.8 Å². The molecule has 0 aliphatic heterocycles. The highest BCUT2D eigenvalue weighted by atomic mass is 32.2. The molecule has 0 aromatic carbocycles. The highest BCUT2D eigenvalue weighted by Gasteiger charge is 2.30. The summed E-state index contributed by atoms with van der Waals surface area (Å²) in [6.45, 7) is 5.99. The lowest BCUT2D eigenvalue weighted by Crippen LogP contribution is -2.40. The fourth-order valence-electron chi connectivity index (χ4n) is 2.45. The summed E-state index contributed by atoms with van der Waals surface area (Å²) in [5.41, 5.74) is 0. The first-order valence-electron chi connectivity index (χ1n) is 7.41. The van der Waals surface area contributed by atoms with Crippen molar-refractivity contribution in [1.29, 1.82) is 0 Å². The van der Waals surface area contributed by atoms with E-state index < -0.39 is 10.0 Å². The van der Waals surface area contributed by atoms with E-state index in [1.807, 2.05) is 11.8 Å². The molecule has 2 atom stereocenters. The molecular weight excluding hydrogens is 280 g/mol. The normalized spacial score (nSPS) is 23.9. The molecule has 2 unspecified atom stereocenters. The molecule has 0 spiro atoms. The van der Waals surface area contributed by atoms with Gasteiger partial charge in [0.1, 0.15) is 0 Å². The predicted octanol–water partition coefficient (Wildman–Crippen LogP) is 1.97. The van der Waals surface area contributed by atoms with Gasteiger partial charge in [0.2, 0.25) is 10.0 Å². The van der Waals surface area contributed by atoms with Crippen LogP contribution in [0.5, 0.6) is 0 Å². The zero-order valence-corrected chi connectivity index (χ0v) is 13.8. The molecule has 0 bridgehead atoms. The second-order valence-corrected chi connectivity index (χ2v) is 8.46. The molecule has 0 aromatic heterocycles. The average Bonchev–Trinajstić information content (AvgIpc) is 2.76. The van der Waals surface area contributed by atoms with Crippen molar-refractivity contribution in [2.45, 2.75) is 57.2 Å². The first kappa shape index (κ1) is 17.3. The van der Waals surface area contributed by atoms with Crippen LogP contribution in [0.1, 0.15) is 46.0 Å². The largest absolute Gasteiger partial charge is 0.317 e. The van der Waals surface area contributed by atoms with Crippen molar-refractivity contribution in [1.82, 2.24) is 10.0 Å². The minimum Gasteiger partial charge on any atom is -0.317 e. The molecule has 4 nitrogen and oxygen atoms in total. The lowest BCUT2D eigenvalue weighted by Gasteiger charge is -2.20. The lowest BCUT2D eigenvalue weighted by molar-refractivity contribution is 0.550. The van der Waals surface area contributed by atoms with Gasteiger partial charge < -0.3 is 5.32 Å². The van der Waals surface area contributed by atoms with Gasteiger partial charge in [0.05, 0.1) is 5.75 Å². The molecule has 0 amide bonds. The van der Waals surface area contributed by atoms with Gasteiger partial charge in [-0.1, -0.05) is 20.3 Å². The van der Waals surface area contributed by atoms with Crippen LogP contribution < -0.4 is 10.0 Å². The molecule has 6 heteroatoms. The van der Waals surface area contributed by atoms with Crippen LogP contribution in [-0.2, 0) is 10.0 Å². The Morgan fingerprint density at radius 3 is 2.68 bits per heavy atom. The van der Waals surface area contributed by atoms with Crippen LogP contribution in [0.15, 0.2) is 0 Å². The fraction of sp³-hybridized carbons (Fsp3) is 1.00. The third kappa shape index (κ3) is 6.97. The zero-order chi connectivity index (χ0) is 14.1. The molecule has 1 rings (SSSR count). The predicted molar refractivity (Wildman–Crippen MR) is 84.3 cm³/mol. The van der Waals surface area contributed by atoms with Crippen molar-refractivity contribution in [3.05, 3.63) is 0 Å². The maximum absolute atomic E-state index is 12.0. The highest BCUT2D eigenvalue weighted by Crippen LogP contribution is 2.30. The molecule has 19 heavy (non-hydrogen) atoms. The van der Waals surface area contributed by atoms with Crippen LogP contribution in [-0.4, -0.2) is 44.3 Å². The Morgan fingerprint density at radius 2 is 2.00 bits per heavy atom. The molecule has 114 valence electrons. The van der Waals surface area contributed by atoms with Gasteiger partial charge in [-0.25, -0.2) is 13.1 Å². The summed E-state index contributed by atoms with van der Waals surface area (Å²) in [4.78, 5) is 0. The Balaban J connectivity index is 2.29. The molecule has 0 heterocycles. The summed E-state index contributed by atoms with van der Waals surface area (Å²) in [5, 5.41) is 3.70. The van der Waals surface area contributed by atoms with E-state index in [0.717, 1.165) is 44.5 Å². The van der Waals surface area contributed by atoms with E-state index in [1.54, 1.807) is 0 Å². The summed E-state index contributed by atoms with van der Waals surface area (Å²) < 4.78 is 26.9. The first-order valence-corrected chi connectivity index (χ1v) is 10.1. The number of hydrogen-bond donors (Lipinski definition) is 2. The number of thioether (sulfide) groups is 1. The molecular formula is C13H28N2O2S2. The van der Waals surface area contributed by atoms with Gasteiger partial charge in [-0.3, -0.25) is 0 Å². The zero-order valence-electron chi connectivity index (χ0n) is 12.2. The van der Waals surface area contributed by atoms with E-state index >= 15 is 0 Å². The minimum absolute atomic E-state index is 0.151. The summed E-state index contributed by atoms with van der Waals surface area (Å²) in [6, 6.07) is 0.151. The van der Waals surface area contributed by atoms with Crippen LogP contribution in [0, 0.1) is 0 Å². The smallest absolute Gasteiger partial charge is 0.211 e. The minimum atomic E-state index is -3.11. The first-order chi connectivity index (χ1) is 9.09. The van der Waals surface area contributed by atoms with Gasteiger partial charge >= 0.3 is 0 Å². The second-order valence-electron chi connectivity index (χ2n) is 5.07. The maximum Gasteiger partial charge on any atom is 0.211 e. The molecule has 1 aliphatic rings. The van der Waals surface area contributed by atoms with Crippen molar-refractivity contribution in [3.8, 4) is 0 Å². The highest BCUT2D eigenvalue weighted by molar-refractivity contribution is 8.00. The number of hydrogen-bond acceptors (Lipinski definition) is 4. The number of sulfonamides is 1. The molecule has 2 N–H and O–H groups in total. The Kier molecular flexibility index (Phi) is 8.37. The molecule has 0 saturated heterocycles. The van der Waals surface area contributed by atoms with Crippen LogP contribution in [0.3, 0.4) is 0 Å². The quantitative estimate of drug-likeness (QED) is 0.606. The third-order valence-corrected chi connectivity index (χ3v) is 6.17. The summed E-state index contributed by atoms with van der Waals surface area (Å²) in [6.07, 6.45) is 5.05. The monoisotopic (exact) mass is 308 g/mol. The number of rotatable bonds is 10. The van der Waals surface area contributed by atoms with Gasteiger partial charge in [-0.2, -0.15) is 11.8 Å². The Bertz CT molecular complexity index is 334. The fourth-order valence-corrected chi connectivity index (χ4v) is 5.12.